The molecule has 1 aliphatic heterocycles. The lowest BCUT2D eigenvalue weighted by atomic mass is 9.99. The van der Waals surface area contributed by atoms with Gasteiger partial charge in [0, 0.05) is 25.8 Å². The number of anilines is 1. The zero-order valence-electron chi connectivity index (χ0n) is 19.9. The molecule has 8 heteroatoms. The predicted molar refractivity (Wildman–Crippen MR) is 132 cm³/mol. The summed E-state index contributed by atoms with van der Waals surface area (Å²) in [7, 11) is -2.61. The molecule has 1 fully saturated rings. The summed E-state index contributed by atoms with van der Waals surface area (Å²) >= 11 is 0. The maximum Gasteiger partial charge on any atom is 0.211 e. The van der Waals surface area contributed by atoms with Crippen LogP contribution in [0, 0.1) is 11.7 Å². The number of sulfone groups is 1. The maximum atomic E-state index is 15.3. The molecule has 1 atom stereocenters. The largest absolute Gasteiger partial charge is 0.497 e. The Morgan fingerprint density at radius 1 is 1.18 bits per heavy atom. The van der Waals surface area contributed by atoms with E-state index < -0.39 is 21.1 Å². The molecule has 1 saturated heterocycles. The highest BCUT2D eigenvalue weighted by atomic mass is 32.2. The van der Waals surface area contributed by atoms with Crippen molar-refractivity contribution in [2.45, 2.75) is 55.9 Å². The van der Waals surface area contributed by atoms with Gasteiger partial charge < -0.3 is 14.2 Å². The zero-order chi connectivity index (χ0) is 24.5. The standard InChI is InChI=1S/C26H31FN2O4S/c1-4-5-12-29-17-25(34(31,32)20-10-8-19(33-3)9-11-20)26(30)21-14-22(27)24(15-23(21)29)28-13-6-7-18(2)16-28/h8-11,14-15,17-18H,4-7,12-13,16H2,1-3H3/t18-/m1/s1. The average molecular weight is 487 g/mol. The Morgan fingerprint density at radius 3 is 2.56 bits per heavy atom. The molecule has 1 aromatic heterocycles. The van der Waals surface area contributed by atoms with Crippen LogP contribution in [0.25, 0.3) is 10.9 Å². The van der Waals surface area contributed by atoms with Crippen LogP contribution in [0.3, 0.4) is 0 Å². The highest BCUT2D eigenvalue weighted by Gasteiger charge is 2.26. The molecule has 6 nitrogen and oxygen atoms in total. The minimum atomic E-state index is -4.11. The lowest BCUT2D eigenvalue weighted by Gasteiger charge is -2.33. The molecule has 4 rings (SSSR count). The Hall–Kier alpha value is -2.87. The van der Waals surface area contributed by atoms with E-state index in [0.717, 1.165) is 38.8 Å². The van der Waals surface area contributed by atoms with Crippen molar-refractivity contribution in [3.05, 3.63) is 58.6 Å². The Morgan fingerprint density at radius 2 is 1.91 bits per heavy atom. The van der Waals surface area contributed by atoms with Crippen LogP contribution in [0.5, 0.6) is 5.75 Å². The smallest absolute Gasteiger partial charge is 0.211 e. The number of fused-ring (bicyclic) bond motifs is 1. The van der Waals surface area contributed by atoms with Crippen molar-refractivity contribution in [1.82, 2.24) is 4.57 Å². The first-order chi connectivity index (χ1) is 16.3. The van der Waals surface area contributed by atoms with Crippen LogP contribution in [0.2, 0.25) is 0 Å². The number of pyridine rings is 1. The van der Waals surface area contributed by atoms with E-state index in [0.29, 0.717) is 29.4 Å². The Bertz CT molecular complexity index is 1350. The molecule has 0 bridgehead atoms. The highest BCUT2D eigenvalue weighted by Crippen LogP contribution is 2.30. The van der Waals surface area contributed by atoms with Crippen LogP contribution in [-0.4, -0.2) is 33.2 Å². The lowest BCUT2D eigenvalue weighted by molar-refractivity contribution is 0.414. The van der Waals surface area contributed by atoms with Crippen molar-refractivity contribution < 1.29 is 17.5 Å². The first-order valence-corrected chi connectivity index (χ1v) is 13.3. The second kappa shape index (κ2) is 9.78. The van der Waals surface area contributed by atoms with E-state index in [1.165, 1.54) is 43.6 Å². The summed E-state index contributed by atoms with van der Waals surface area (Å²) in [5.41, 5.74) is 0.340. The fourth-order valence-corrected chi connectivity index (χ4v) is 5.98. The van der Waals surface area contributed by atoms with Crippen LogP contribution < -0.4 is 15.1 Å². The van der Waals surface area contributed by atoms with Crippen LogP contribution >= 0.6 is 0 Å². The third-order valence-electron chi connectivity index (χ3n) is 6.53. The minimum Gasteiger partial charge on any atom is -0.497 e. The number of piperidine rings is 1. The summed E-state index contributed by atoms with van der Waals surface area (Å²) in [5.74, 6) is 0.474. The number of benzene rings is 2. The average Bonchev–Trinajstić information content (AvgIpc) is 2.83. The number of unbranched alkanes of at least 4 members (excludes halogenated alkanes) is 1. The number of ether oxygens (including phenoxy) is 1. The minimum absolute atomic E-state index is 0.00816. The first-order valence-electron chi connectivity index (χ1n) is 11.8. The third kappa shape index (κ3) is 4.56. The normalized spacial score (nSPS) is 16.7. The molecule has 3 aromatic rings. The van der Waals surface area contributed by atoms with Gasteiger partial charge in [0.05, 0.1) is 28.6 Å². The number of aryl methyl sites for hydroxylation is 1. The van der Waals surface area contributed by atoms with Gasteiger partial charge in [-0.05, 0) is 61.6 Å². The molecule has 0 N–H and O–H groups in total. The molecule has 2 aromatic carbocycles. The molecule has 0 aliphatic carbocycles. The fourth-order valence-electron chi connectivity index (χ4n) is 4.61. The highest BCUT2D eigenvalue weighted by molar-refractivity contribution is 7.91. The van der Waals surface area contributed by atoms with Gasteiger partial charge in [0.25, 0.3) is 0 Å². The zero-order valence-corrected chi connectivity index (χ0v) is 20.7. The van der Waals surface area contributed by atoms with Gasteiger partial charge in [-0.3, -0.25) is 4.79 Å². The molecule has 0 radical (unpaired) electrons. The maximum absolute atomic E-state index is 15.3. The lowest BCUT2D eigenvalue weighted by Crippen LogP contribution is -2.35. The number of hydrogen-bond acceptors (Lipinski definition) is 5. The van der Waals surface area contributed by atoms with Gasteiger partial charge in [-0.25, -0.2) is 12.8 Å². The van der Waals surface area contributed by atoms with Gasteiger partial charge in [0.1, 0.15) is 16.5 Å². The van der Waals surface area contributed by atoms with Crippen LogP contribution in [-0.2, 0) is 16.4 Å². The second-order valence-corrected chi connectivity index (χ2v) is 11.0. The molecular weight excluding hydrogens is 455 g/mol. The molecule has 0 spiro atoms. The molecular formula is C26H31FN2O4S. The summed E-state index contributed by atoms with van der Waals surface area (Å²) in [4.78, 5) is 15.1. The molecule has 34 heavy (non-hydrogen) atoms. The van der Waals surface area contributed by atoms with Gasteiger partial charge in [0.2, 0.25) is 15.3 Å². The van der Waals surface area contributed by atoms with E-state index in [4.69, 9.17) is 4.74 Å². The quantitative estimate of drug-likeness (QED) is 0.469. The van der Waals surface area contributed by atoms with E-state index in [1.807, 2.05) is 11.8 Å². The molecule has 0 saturated carbocycles. The van der Waals surface area contributed by atoms with Crippen LogP contribution in [0.15, 0.2) is 57.2 Å². The van der Waals surface area contributed by atoms with E-state index in [1.54, 1.807) is 10.6 Å². The Balaban J connectivity index is 1.90. The van der Waals surface area contributed by atoms with Gasteiger partial charge in [0.15, 0.2) is 0 Å². The van der Waals surface area contributed by atoms with E-state index in [9.17, 15) is 13.2 Å². The van der Waals surface area contributed by atoms with Gasteiger partial charge >= 0.3 is 0 Å². The van der Waals surface area contributed by atoms with Crippen LogP contribution in [0.4, 0.5) is 10.1 Å². The summed E-state index contributed by atoms with van der Waals surface area (Å²) in [6.45, 7) is 6.24. The van der Waals surface area contributed by atoms with Crippen molar-refractivity contribution in [3.63, 3.8) is 0 Å². The third-order valence-corrected chi connectivity index (χ3v) is 8.29. The van der Waals surface area contributed by atoms with E-state index in [-0.39, 0.29) is 15.2 Å². The van der Waals surface area contributed by atoms with Crippen molar-refractivity contribution in [3.8, 4) is 5.75 Å². The Kier molecular flexibility index (Phi) is 6.98. The monoisotopic (exact) mass is 486 g/mol. The number of nitrogens with zero attached hydrogens (tertiary/aromatic N) is 2. The van der Waals surface area contributed by atoms with E-state index >= 15 is 4.39 Å². The molecule has 0 unspecified atom stereocenters. The summed E-state index contributed by atoms with van der Waals surface area (Å²) in [5, 5.41) is 0.0806. The fraction of sp³-hybridized carbons (Fsp3) is 0.423. The number of hydrogen-bond donors (Lipinski definition) is 0. The topological polar surface area (TPSA) is 68.6 Å². The van der Waals surface area contributed by atoms with Crippen molar-refractivity contribution in [2.24, 2.45) is 5.92 Å². The summed E-state index contributed by atoms with van der Waals surface area (Å²) in [6, 6.07) is 8.82. The van der Waals surface area contributed by atoms with Crippen LogP contribution in [0.1, 0.15) is 39.5 Å². The first kappa shape index (κ1) is 24.3. The number of halogens is 1. The molecule has 1 aliphatic rings. The summed E-state index contributed by atoms with van der Waals surface area (Å²) < 4.78 is 49.0. The SMILES string of the molecule is CCCCn1cc(S(=O)(=O)c2ccc(OC)cc2)c(=O)c2cc(F)c(N3CCC[C@@H](C)C3)cc21. The van der Waals surface area contributed by atoms with Crippen molar-refractivity contribution >= 4 is 26.4 Å². The number of aromatic nitrogens is 1. The molecule has 0 amide bonds. The van der Waals surface area contributed by atoms with E-state index in [2.05, 4.69) is 6.92 Å². The van der Waals surface area contributed by atoms with Gasteiger partial charge in [-0.1, -0.05) is 20.3 Å². The molecule has 2 heterocycles. The number of methoxy groups -OCH3 is 1. The van der Waals surface area contributed by atoms with Crippen molar-refractivity contribution in [2.75, 3.05) is 25.1 Å². The molecule has 182 valence electrons. The van der Waals surface area contributed by atoms with Gasteiger partial charge in [-0.15, -0.1) is 0 Å². The Labute approximate surface area is 199 Å². The van der Waals surface area contributed by atoms with Gasteiger partial charge in [-0.2, -0.15) is 0 Å². The predicted octanol–water partition coefficient (Wildman–Crippen LogP) is 5.02. The number of rotatable bonds is 7. The van der Waals surface area contributed by atoms with Crippen molar-refractivity contribution in [1.29, 1.82) is 0 Å². The second-order valence-electron chi connectivity index (χ2n) is 9.06. The summed E-state index contributed by atoms with van der Waals surface area (Å²) in [6.07, 6.45) is 5.21.